The summed E-state index contributed by atoms with van der Waals surface area (Å²) < 4.78 is 5.10. The normalized spacial score (nSPS) is 15.9. The summed E-state index contributed by atoms with van der Waals surface area (Å²) in [5.41, 5.74) is 6.60. The molecule has 1 fully saturated rings. The van der Waals surface area contributed by atoms with E-state index >= 15 is 0 Å². The van der Waals surface area contributed by atoms with Crippen molar-refractivity contribution in [3.63, 3.8) is 0 Å². The Morgan fingerprint density at radius 3 is 2.69 bits per heavy atom. The number of aryl methyl sites for hydroxylation is 1. The highest BCUT2D eigenvalue weighted by Gasteiger charge is 2.19. The van der Waals surface area contributed by atoms with Crippen molar-refractivity contribution >= 4 is 28.2 Å². The van der Waals surface area contributed by atoms with E-state index in [1.165, 1.54) is 11.3 Å². The van der Waals surface area contributed by atoms with Crippen molar-refractivity contribution in [1.82, 2.24) is 15.0 Å². The van der Waals surface area contributed by atoms with Gasteiger partial charge in [0.2, 0.25) is 5.91 Å². The van der Waals surface area contributed by atoms with Crippen molar-refractivity contribution < 1.29 is 14.1 Å². The van der Waals surface area contributed by atoms with E-state index in [1.807, 2.05) is 13.0 Å². The Bertz CT molecular complexity index is 764. The molecule has 3 N–H and O–H groups in total. The van der Waals surface area contributed by atoms with Gasteiger partial charge in [-0.15, -0.1) is 11.3 Å². The molecular formula is C17H23N5O3S. The number of amides is 2. The summed E-state index contributed by atoms with van der Waals surface area (Å²) in [4.78, 5) is 28.0. The molecule has 1 aliphatic heterocycles. The fourth-order valence-electron chi connectivity index (χ4n) is 2.94. The van der Waals surface area contributed by atoms with Gasteiger partial charge in [-0.1, -0.05) is 5.16 Å². The van der Waals surface area contributed by atoms with E-state index in [4.69, 9.17) is 10.3 Å². The second-order valence-corrected chi connectivity index (χ2v) is 7.29. The minimum atomic E-state index is -0.528. The summed E-state index contributed by atoms with van der Waals surface area (Å²) in [5, 5.41) is 9.07. The van der Waals surface area contributed by atoms with Crippen LogP contribution in [0.3, 0.4) is 0 Å². The van der Waals surface area contributed by atoms with Crippen LogP contribution in [0, 0.1) is 6.92 Å². The molecule has 0 unspecified atom stereocenters. The number of nitrogens with two attached hydrogens (primary N) is 1. The largest absolute Gasteiger partial charge is 0.366 e. The van der Waals surface area contributed by atoms with Gasteiger partial charge in [-0.3, -0.25) is 14.5 Å². The maximum absolute atomic E-state index is 12.1. The molecule has 0 atom stereocenters. The van der Waals surface area contributed by atoms with Crippen molar-refractivity contribution in [2.45, 2.75) is 19.9 Å². The third kappa shape index (κ3) is 4.90. The van der Waals surface area contributed by atoms with Crippen LogP contribution in [0.5, 0.6) is 0 Å². The van der Waals surface area contributed by atoms with Crippen molar-refractivity contribution in [2.24, 2.45) is 5.73 Å². The van der Waals surface area contributed by atoms with Crippen molar-refractivity contribution in [1.29, 1.82) is 0 Å². The van der Waals surface area contributed by atoms with Crippen LogP contribution in [0.4, 0.5) is 5.00 Å². The molecule has 0 aliphatic carbocycles. The standard InChI is InChI=1S/C17H23N5O3S/c1-12-10-13(20-25-12)11-22-7-5-21(6-8-22)4-2-15(23)19-17-14(16(18)24)3-9-26-17/h3,9-10H,2,4-8,11H2,1H3,(H2,18,24)(H,19,23). The van der Waals surface area contributed by atoms with Crippen LogP contribution in [0.25, 0.3) is 0 Å². The van der Waals surface area contributed by atoms with Gasteiger partial charge < -0.3 is 20.5 Å². The van der Waals surface area contributed by atoms with Crippen LogP contribution in [-0.4, -0.2) is 59.5 Å². The van der Waals surface area contributed by atoms with Gasteiger partial charge in [0.15, 0.2) is 0 Å². The van der Waals surface area contributed by atoms with E-state index in [-0.39, 0.29) is 5.91 Å². The van der Waals surface area contributed by atoms with Gasteiger partial charge in [-0.2, -0.15) is 0 Å². The van der Waals surface area contributed by atoms with Crippen LogP contribution in [0.2, 0.25) is 0 Å². The third-order valence-corrected chi connectivity index (χ3v) is 5.20. The number of carbonyl (C=O) groups excluding carboxylic acids is 2. The summed E-state index contributed by atoms with van der Waals surface area (Å²) in [5.74, 6) is 0.199. The zero-order chi connectivity index (χ0) is 18.5. The first-order valence-electron chi connectivity index (χ1n) is 8.55. The molecular weight excluding hydrogens is 354 g/mol. The molecule has 26 heavy (non-hydrogen) atoms. The fourth-order valence-corrected chi connectivity index (χ4v) is 3.75. The molecule has 3 heterocycles. The van der Waals surface area contributed by atoms with Gasteiger partial charge in [0.05, 0.1) is 11.3 Å². The number of piperazine rings is 1. The second-order valence-electron chi connectivity index (χ2n) is 6.37. The monoisotopic (exact) mass is 377 g/mol. The highest BCUT2D eigenvalue weighted by atomic mass is 32.1. The van der Waals surface area contributed by atoms with Gasteiger partial charge in [0, 0.05) is 51.8 Å². The van der Waals surface area contributed by atoms with E-state index in [9.17, 15) is 9.59 Å². The van der Waals surface area contributed by atoms with Gasteiger partial charge in [0.25, 0.3) is 5.91 Å². The van der Waals surface area contributed by atoms with Crippen LogP contribution in [-0.2, 0) is 11.3 Å². The number of primary amides is 1. The number of aromatic nitrogens is 1. The van der Waals surface area contributed by atoms with E-state index < -0.39 is 5.91 Å². The molecule has 2 aromatic heterocycles. The van der Waals surface area contributed by atoms with E-state index in [1.54, 1.807) is 11.4 Å². The Balaban J connectivity index is 1.38. The Kier molecular flexibility index (Phi) is 6.02. The molecule has 0 aromatic carbocycles. The minimum Gasteiger partial charge on any atom is -0.366 e. The summed E-state index contributed by atoms with van der Waals surface area (Å²) >= 11 is 1.30. The second kappa shape index (κ2) is 8.43. The molecule has 0 radical (unpaired) electrons. The Labute approximate surface area is 155 Å². The van der Waals surface area contributed by atoms with Crippen molar-refractivity contribution in [3.8, 4) is 0 Å². The van der Waals surface area contributed by atoms with E-state index in [2.05, 4.69) is 20.3 Å². The molecule has 0 saturated carbocycles. The van der Waals surface area contributed by atoms with Gasteiger partial charge in [-0.05, 0) is 18.4 Å². The molecule has 1 aliphatic rings. The molecule has 2 aromatic rings. The number of carbonyl (C=O) groups is 2. The molecule has 9 heteroatoms. The maximum atomic E-state index is 12.1. The van der Waals surface area contributed by atoms with Crippen LogP contribution < -0.4 is 11.1 Å². The van der Waals surface area contributed by atoms with Crippen LogP contribution in [0.1, 0.15) is 28.2 Å². The fraction of sp³-hybridized carbons (Fsp3) is 0.471. The number of hydrogen-bond donors (Lipinski definition) is 2. The summed E-state index contributed by atoms with van der Waals surface area (Å²) in [6, 6.07) is 3.58. The third-order valence-electron chi connectivity index (χ3n) is 4.37. The Morgan fingerprint density at radius 1 is 1.31 bits per heavy atom. The number of hydrogen-bond acceptors (Lipinski definition) is 7. The first-order valence-corrected chi connectivity index (χ1v) is 9.43. The van der Waals surface area contributed by atoms with E-state index in [0.29, 0.717) is 23.5 Å². The predicted octanol–water partition coefficient (Wildman–Crippen LogP) is 1.29. The smallest absolute Gasteiger partial charge is 0.251 e. The molecule has 2 amide bonds. The van der Waals surface area contributed by atoms with Gasteiger partial charge >= 0.3 is 0 Å². The Morgan fingerprint density at radius 2 is 2.04 bits per heavy atom. The van der Waals surface area contributed by atoms with E-state index in [0.717, 1.165) is 44.2 Å². The summed E-state index contributed by atoms with van der Waals surface area (Å²) in [6.07, 6.45) is 0.387. The number of thiophene rings is 1. The highest BCUT2D eigenvalue weighted by molar-refractivity contribution is 7.14. The summed E-state index contributed by atoms with van der Waals surface area (Å²) in [6.45, 7) is 7.07. The van der Waals surface area contributed by atoms with Gasteiger partial charge in [-0.25, -0.2) is 0 Å². The number of nitrogens with one attached hydrogen (secondary N) is 1. The Hall–Kier alpha value is -2.23. The molecule has 0 bridgehead atoms. The van der Waals surface area contributed by atoms with Gasteiger partial charge in [0.1, 0.15) is 10.8 Å². The number of anilines is 1. The lowest BCUT2D eigenvalue weighted by Gasteiger charge is -2.34. The topological polar surface area (TPSA) is 105 Å². The molecule has 1 saturated heterocycles. The SMILES string of the molecule is Cc1cc(CN2CCN(CCC(=O)Nc3sccc3C(N)=O)CC2)no1. The molecule has 8 nitrogen and oxygen atoms in total. The lowest BCUT2D eigenvalue weighted by Crippen LogP contribution is -2.46. The number of nitrogens with zero attached hydrogens (tertiary/aromatic N) is 3. The average molecular weight is 377 g/mol. The number of rotatable bonds is 7. The lowest BCUT2D eigenvalue weighted by molar-refractivity contribution is -0.116. The van der Waals surface area contributed by atoms with Crippen molar-refractivity contribution in [2.75, 3.05) is 38.0 Å². The lowest BCUT2D eigenvalue weighted by atomic mass is 10.2. The molecule has 0 spiro atoms. The molecule has 3 rings (SSSR count). The quantitative estimate of drug-likeness (QED) is 0.753. The predicted molar refractivity (Wildman–Crippen MR) is 99.0 cm³/mol. The highest BCUT2D eigenvalue weighted by Crippen LogP contribution is 2.22. The zero-order valence-corrected chi connectivity index (χ0v) is 15.6. The first kappa shape index (κ1) is 18.6. The van der Waals surface area contributed by atoms with Crippen LogP contribution in [0.15, 0.2) is 22.0 Å². The average Bonchev–Trinajstić information content (AvgIpc) is 3.23. The molecule has 140 valence electrons. The maximum Gasteiger partial charge on any atom is 0.251 e. The van der Waals surface area contributed by atoms with Crippen LogP contribution >= 0.6 is 11.3 Å². The zero-order valence-electron chi connectivity index (χ0n) is 14.7. The minimum absolute atomic E-state index is 0.101. The van der Waals surface area contributed by atoms with Crippen molar-refractivity contribution in [3.05, 3.63) is 34.5 Å². The first-order chi connectivity index (χ1) is 12.5. The summed E-state index contributed by atoms with van der Waals surface area (Å²) in [7, 11) is 0.